The predicted molar refractivity (Wildman–Crippen MR) is 111 cm³/mol. The van der Waals surface area contributed by atoms with Crippen molar-refractivity contribution < 1.29 is 13.9 Å². The number of anilines is 1. The zero-order chi connectivity index (χ0) is 18.5. The van der Waals surface area contributed by atoms with Gasteiger partial charge in [0.2, 0.25) is 0 Å². The molecule has 0 atom stereocenters. The van der Waals surface area contributed by atoms with E-state index in [1.54, 1.807) is 12.1 Å². The summed E-state index contributed by atoms with van der Waals surface area (Å²) in [5, 5.41) is 6.42. The van der Waals surface area contributed by atoms with Gasteiger partial charge in [0, 0.05) is 25.1 Å². The smallest absolute Gasteiger partial charge is 0.195 e. The van der Waals surface area contributed by atoms with E-state index in [1.165, 1.54) is 0 Å². The number of guanidine groups is 1. The van der Waals surface area contributed by atoms with Gasteiger partial charge >= 0.3 is 0 Å². The Morgan fingerprint density at radius 2 is 1.86 bits per heavy atom. The molecular weight excluding hydrogens is 381 g/mol. The number of halogens is 2. The lowest BCUT2D eigenvalue weighted by atomic mass is 10.0. The molecule has 1 saturated heterocycles. The van der Waals surface area contributed by atoms with Crippen LogP contribution in [0, 0.1) is 5.82 Å². The van der Waals surface area contributed by atoms with Crippen molar-refractivity contribution in [1.82, 2.24) is 5.32 Å². The third kappa shape index (κ3) is 5.36. The second-order valence-corrected chi connectivity index (χ2v) is 6.85. The van der Waals surface area contributed by atoms with E-state index < -0.39 is 0 Å². The number of rotatable bonds is 5. The molecule has 2 aromatic rings. The van der Waals surface area contributed by atoms with Crippen molar-refractivity contribution in [3.8, 4) is 5.75 Å². The molecule has 2 N–H and O–H groups in total. The highest BCUT2D eigenvalue weighted by Gasteiger charge is 2.17. The van der Waals surface area contributed by atoms with Crippen molar-refractivity contribution in [3.63, 3.8) is 0 Å². The van der Waals surface area contributed by atoms with Crippen LogP contribution in [0.4, 0.5) is 10.1 Å². The molecule has 2 aromatic carbocycles. The minimum absolute atomic E-state index is 0. The van der Waals surface area contributed by atoms with Crippen molar-refractivity contribution >= 4 is 24.1 Å². The first kappa shape index (κ1) is 20.4. The van der Waals surface area contributed by atoms with E-state index in [4.69, 9.17) is 9.47 Å². The largest absolute Gasteiger partial charge is 0.487 e. The van der Waals surface area contributed by atoms with Crippen molar-refractivity contribution in [3.05, 3.63) is 59.4 Å². The molecule has 1 fully saturated rings. The molecule has 150 valence electrons. The summed E-state index contributed by atoms with van der Waals surface area (Å²) >= 11 is 0. The maximum absolute atomic E-state index is 14.4. The molecule has 0 aromatic heterocycles. The molecular formula is C21H25ClFN3O2. The number of nitrogens with zero attached hydrogens (tertiary/aromatic N) is 1. The highest BCUT2D eigenvalue weighted by molar-refractivity contribution is 5.94. The van der Waals surface area contributed by atoms with Crippen LogP contribution in [0.2, 0.25) is 0 Å². The normalized spacial score (nSPS) is 16.7. The molecule has 0 aliphatic carbocycles. The molecule has 2 aliphatic heterocycles. The second kappa shape index (κ2) is 9.75. The average Bonchev–Trinajstić information content (AvgIpc) is 3.19. The number of hydrogen-bond donors (Lipinski definition) is 2. The zero-order valence-corrected chi connectivity index (χ0v) is 16.4. The molecule has 2 aliphatic rings. The lowest BCUT2D eigenvalue weighted by Gasteiger charge is -2.23. The molecule has 7 heteroatoms. The third-order valence-corrected chi connectivity index (χ3v) is 4.76. The Kier molecular flexibility index (Phi) is 7.12. The van der Waals surface area contributed by atoms with E-state index in [1.807, 2.05) is 30.3 Å². The number of hydrogen-bond acceptors (Lipinski definition) is 5. The molecule has 0 radical (unpaired) electrons. The fraction of sp³-hybridized carbons (Fsp3) is 0.381. The van der Waals surface area contributed by atoms with Crippen LogP contribution in [0.5, 0.6) is 5.75 Å². The summed E-state index contributed by atoms with van der Waals surface area (Å²) in [7, 11) is 0. The van der Waals surface area contributed by atoms with Gasteiger partial charge in [-0.3, -0.25) is 4.99 Å². The first-order chi connectivity index (χ1) is 13.3. The molecule has 4 rings (SSSR count). The summed E-state index contributed by atoms with van der Waals surface area (Å²) in [5.74, 6) is 0.836. The van der Waals surface area contributed by atoms with Crippen molar-refractivity contribution in [2.45, 2.75) is 25.4 Å². The monoisotopic (exact) mass is 405 g/mol. The van der Waals surface area contributed by atoms with Crippen molar-refractivity contribution in [2.24, 2.45) is 4.99 Å². The zero-order valence-electron chi connectivity index (χ0n) is 15.6. The average molecular weight is 406 g/mol. The molecule has 28 heavy (non-hydrogen) atoms. The SMILES string of the molecule is Cl.Fc1cc(Cc2ccc(NC3=NCCN3)cc2)ccc1OC1CCOCC1. The predicted octanol–water partition coefficient (Wildman–Crippen LogP) is 3.77. The van der Waals surface area contributed by atoms with E-state index >= 15 is 0 Å². The number of benzene rings is 2. The highest BCUT2D eigenvalue weighted by Crippen LogP contribution is 2.24. The lowest BCUT2D eigenvalue weighted by molar-refractivity contribution is 0.0240. The van der Waals surface area contributed by atoms with Gasteiger partial charge in [-0.25, -0.2) is 4.39 Å². The maximum atomic E-state index is 14.4. The van der Waals surface area contributed by atoms with Gasteiger partial charge in [-0.2, -0.15) is 0 Å². The van der Waals surface area contributed by atoms with Gasteiger partial charge in [-0.15, -0.1) is 12.4 Å². The number of ether oxygens (including phenoxy) is 2. The van der Waals surface area contributed by atoms with E-state index in [0.29, 0.717) is 25.4 Å². The standard InChI is InChI=1S/C21H24FN3O2.ClH/c22-19-14-16(3-6-20(19)27-18-7-11-26-12-8-18)13-15-1-4-17(5-2-15)25-21-23-9-10-24-21;/h1-6,14,18H,7-13H2,(H2,23,24,25);1H. The Labute approximate surface area is 170 Å². The van der Waals surface area contributed by atoms with Gasteiger partial charge in [-0.05, 0) is 41.8 Å². The van der Waals surface area contributed by atoms with Gasteiger partial charge in [0.15, 0.2) is 17.5 Å². The fourth-order valence-electron chi connectivity index (χ4n) is 3.28. The van der Waals surface area contributed by atoms with E-state index in [-0.39, 0.29) is 24.3 Å². The second-order valence-electron chi connectivity index (χ2n) is 6.85. The Morgan fingerprint density at radius 1 is 1.11 bits per heavy atom. The number of aliphatic imine (C=N–C) groups is 1. The fourth-order valence-corrected chi connectivity index (χ4v) is 3.28. The summed E-state index contributed by atoms with van der Waals surface area (Å²) in [5.41, 5.74) is 3.03. The Balaban J connectivity index is 0.00000225. The van der Waals surface area contributed by atoms with E-state index in [0.717, 1.165) is 48.7 Å². The highest BCUT2D eigenvalue weighted by atomic mass is 35.5. The van der Waals surface area contributed by atoms with Crippen LogP contribution in [0.1, 0.15) is 24.0 Å². The van der Waals surface area contributed by atoms with Crippen molar-refractivity contribution in [2.75, 3.05) is 31.6 Å². The first-order valence-corrected chi connectivity index (χ1v) is 9.43. The van der Waals surface area contributed by atoms with Crippen LogP contribution in [-0.4, -0.2) is 38.4 Å². The lowest BCUT2D eigenvalue weighted by Crippen LogP contribution is -2.26. The van der Waals surface area contributed by atoms with Crippen LogP contribution in [0.3, 0.4) is 0 Å². The third-order valence-electron chi connectivity index (χ3n) is 4.76. The maximum Gasteiger partial charge on any atom is 0.195 e. The van der Waals surface area contributed by atoms with Crippen LogP contribution >= 0.6 is 12.4 Å². The minimum atomic E-state index is -0.303. The van der Waals surface area contributed by atoms with Gasteiger partial charge in [0.1, 0.15) is 6.10 Å². The van der Waals surface area contributed by atoms with Crippen LogP contribution in [0.25, 0.3) is 0 Å². The molecule has 0 spiro atoms. The number of nitrogens with one attached hydrogen (secondary N) is 2. The van der Waals surface area contributed by atoms with E-state index in [2.05, 4.69) is 15.6 Å². The van der Waals surface area contributed by atoms with Crippen LogP contribution in [0.15, 0.2) is 47.5 Å². The molecule has 0 bridgehead atoms. The van der Waals surface area contributed by atoms with Crippen LogP contribution in [-0.2, 0) is 11.2 Å². The first-order valence-electron chi connectivity index (χ1n) is 9.43. The molecule has 0 amide bonds. The van der Waals surface area contributed by atoms with Gasteiger partial charge in [-0.1, -0.05) is 18.2 Å². The molecule has 2 heterocycles. The molecule has 0 unspecified atom stereocenters. The molecule has 0 saturated carbocycles. The van der Waals surface area contributed by atoms with E-state index in [9.17, 15) is 4.39 Å². The van der Waals surface area contributed by atoms with Gasteiger partial charge < -0.3 is 20.1 Å². The Bertz CT molecular complexity index is 808. The van der Waals surface area contributed by atoms with Crippen molar-refractivity contribution in [1.29, 1.82) is 0 Å². The Hall–Kier alpha value is -2.31. The Morgan fingerprint density at radius 3 is 2.54 bits per heavy atom. The van der Waals surface area contributed by atoms with Crippen LogP contribution < -0.4 is 15.4 Å². The van der Waals surface area contributed by atoms with Gasteiger partial charge in [0.25, 0.3) is 0 Å². The summed E-state index contributed by atoms with van der Waals surface area (Å²) in [6.45, 7) is 3.04. The summed E-state index contributed by atoms with van der Waals surface area (Å²) in [6.07, 6.45) is 2.33. The summed E-state index contributed by atoms with van der Waals surface area (Å²) in [6, 6.07) is 13.3. The summed E-state index contributed by atoms with van der Waals surface area (Å²) < 4.78 is 25.5. The van der Waals surface area contributed by atoms with Gasteiger partial charge in [0.05, 0.1) is 19.8 Å². The minimum Gasteiger partial charge on any atom is -0.487 e. The quantitative estimate of drug-likeness (QED) is 0.795. The summed E-state index contributed by atoms with van der Waals surface area (Å²) in [4.78, 5) is 4.31. The topological polar surface area (TPSA) is 54.9 Å². The molecule has 5 nitrogen and oxygen atoms in total.